The fourth-order valence-electron chi connectivity index (χ4n) is 3.62. The number of fused-ring (bicyclic) bond motifs is 1. The summed E-state index contributed by atoms with van der Waals surface area (Å²) in [6.45, 7) is 8.27. The van der Waals surface area contributed by atoms with Gasteiger partial charge in [0.2, 0.25) is 5.78 Å². The number of carbonyl (C=O) groups is 1. The smallest absolute Gasteiger partial charge is 0.204 e. The van der Waals surface area contributed by atoms with Crippen LogP contribution >= 0.6 is 0 Å². The van der Waals surface area contributed by atoms with Crippen LogP contribution in [-0.4, -0.2) is 20.7 Å². The van der Waals surface area contributed by atoms with Crippen molar-refractivity contribution in [3.8, 4) is 0 Å². The van der Waals surface area contributed by atoms with E-state index in [2.05, 4.69) is 35.9 Å². The fourth-order valence-corrected chi connectivity index (χ4v) is 3.62. The van der Waals surface area contributed by atoms with Gasteiger partial charge in [0, 0.05) is 22.2 Å². The van der Waals surface area contributed by atoms with Gasteiger partial charge in [0.15, 0.2) is 0 Å². The van der Waals surface area contributed by atoms with Gasteiger partial charge >= 0.3 is 0 Å². The van der Waals surface area contributed by atoms with Gasteiger partial charge in [-0.05, 0) is 63.1 Å². The lowest BCUT2D eigenvalue weighted by Gasteiger charge is -2.09. The number of ketones is 1. The second kappa shape index (κ2) is 5.99. The van der Waals surface area contributed by atoms with Crippen LogP contribution in [0.2, 0.25) is 0 Å². The number of rotatable bonds is 2. The maximum absolute atomic E-state index is 12.3. The summed E-state index contributed by atoms with van der Waals surface area (Å²) in [6.07, 6.45) is 5.25. The lowest BCUT2D eigenvalue weighted by Crippen LogP contribution is -2.26. The van der Waals surface area contributed by atoms with Crippen LogP contribution < -0.4 is 10.6 Å². The van der Waals surface area contributed by atoms with E-state index in [9.17, 15) is 4.79 Å². The lowest BCUT2D eigenvalue weighted by molar-refractivity contribution is 0.104. The first-order chi connectivity index (χ1) is 12.4. The summed E-state index contributed by atoms with van der Waals surface area (Å²) in [5, 5.41) is 1.65. The van der Waals surface area contributed by atoms with Gasteiger partial charge in [-0.3, -0.25) is 4.79 Å². The van der Waals surface area contributed by atoms with E-state index in [0.29, 0.717) is 5.69 Å². The Morgan fingerprint density at radius 3 is 2.08 bits per heavy atom. The molecule has 0 fully saturated rings. The normalized spacial score (nSPS) is 12.8. The fraction of sp³-hybridized carbons (Fsp3) is 0.182. The minimum absolute atomic E-state index is 0.0533. The zero-order valence-corrected chi connectivity index (χ0v) is 15.4. The summed E-state index contributed by atoms with van der Waals surface area (Å²) < 4.78 is 0. The molecule has 0 atom stereocenters. The molecule has 1 aliphatic carbocycles. The molecule has 0 unspecified atom stereocenters. The molecule has 0 radical (unpaired) electrons. The average molecular weight is 343 g/mol. The number of hydrogen-bond acceptors (Lipinski definition) is 2. The largest absolute Gasteiger partial charge is 0.358 e. The van der Waals surface area contributed by atoms with Crippen molar-refractivity contribution in [1.82, 2.24) is 15.0 Å². The van der Waals surface area contributed by atoms with Gasteiger partial charge in [-0.2, -0.15) is 0 Å². The summed E-state index contributed by atoms with van der Waals surface area (Å²) in [6, 6.07) is 8.21. The Hall–Kier alpha value is -3.14. The number of aromatic amines is 2. The van der Waals surface area contributed by atoms with E-state index in [1.165, 1.54) is 0 Å². The molecule has 2 N–H and O–H groups in total. The van der Waals surface area contributed by atoms with Crippen LogP contribution in [0.4, 0.5) is 0 Å². The van der Waals surface area contributed by atoms with E-state index in [1.807, 2.05) is 32.1 Å². The Kier molecular flexibility index (Phi) is 3.76. The summed E-state index contributed by atoms with van der Waals surface area (Å²) in [5.41, 5.74) is 8.06. The van der Waals surface area contributed by atoms with Crippen molar-refractivity contribution in [1.29, 1.82) is 0 Å². The number of aromatic nitrogens is 3. The first-order valence-corrected chi connectivity index (χ1v) is 8.71. The van der Waals surface area contributed by atoms with Crippen LogP contribution in [0, 0.1) is 27.7 Å². The van der Waals surface area contributed by atoms with Gasteiger partial charge in [0.05, 0.1) is 16.7 Å². The van der Waals surface area contributed by atoms with Crippen molar-refractivity contribution in [2.24, 2.45) is 0 Å². The first kappa shape index (κ1) is 16.3. The molecule has 0 bridgehead atoms. The Morgan fingerprint density at radius 2 is 1.54 bits per heavy atom. The Labute approximate surface area is 152 Å². The van der Waals surface area contributed by atoms with Crippen molar-refractivity contribution < 1.29 is 4.79 Å². The van der Waals surface area contributed by atoms with Gasteiger partial charge in [0.25, 0.3) is 0 Å². The molecular weight excluding hydrogens is 322 g/mol. The van der Waals surface area contributed by atoms with E-state index < -0.39 is 0 Å². The molecule has 3 heterocycles. The van der Waals surface area contributed by atoms with Crippen LogP contribution in [0.25, 0.3) is 11.6 Å². The quantitative estimate of drug-likeness (QED) is 0.752. The van der Waals surface area contributed by atoms with Gasteiger partial charge in [-0.1, -0.05) is 18.2 Å². The summed E-state index contributed by atoms with van der Waals surface area (Å²) >= 11 is 0. The molecule has 26 heavy (non-hydrogen) atoms. The van der Waals surface area contributed by atoms with E-state index in [0.717, 1.165) is 50.0 Å². The molecule has 4 heteroatoms. The van der Waals surface area contributed by atoms with E-state index in [1.54, 1.807) is 12.2 Å². The van der Waals surface area contributed by atoms with Gasteiger partial charge in [0.1, 0.15) is 5.69 Å². The topological polar surface area (TPSA) is 61.5 Å². The highest BCUT2D eigenvalue weighted by Crippen LogP contribution is 2.26. The molecule has 1 aliphatic rings. The molecule has 3 aromatic heterocycles. The maximum atomic E-state index is 12.3. The third-order valence-corrected chi connectivity index (χ3v) is 4.74. The Balaban J connectivity index is 2.11. The zero-order chi connectivity index (χ0) is 18.4. The minimum Gasteiger partial charge on any atom is -0.358 e. The minimum atomic E-state index is -0.0533. The van der Waals surface area contributed by atoms with Crippen LogP contribution in [-0.2, 0) is 0 Å². The summed E-state index contributed by atoms with van der Waals surface area (Å²) in [5.74, 6) is -0.0533. The highest BCUT2D eigenvalue weighted by molar-refractivity contribution is 6.05. The van der Waals surface area contributed by atoms with Crippen LogP contribution in [0.3, 0.4) is 0 Å². The number of pyridine rings is 1. The number of aryl methyl sites for hydroxylation is 4. The van der Waals surface area contributed by atoms with E-state index >= 15 is 0 Å². The lowest BCUT2D eigenvalue weighted by atomic mass is 10.0. The third kappa shape index (κ3) is 2.64. The molecule has 4 nitrogen and oxygen atoms in total. The standard InChI is InChI=1S/C22H21N3O/c1-12-10-14(3)23-20(12)19(21-13(2)11-15(4)24-21)17-9-8-16-6-5-7-18(26)22(16)25-17/h5-11,23-24H,1-4H3. The molecule has 130 valence electrons. The number of hydrogen-bond donors (Lipinski definition) is 2. The predicted octanol–water partition coefficient (Wildman–Crippen LogP) is 2.75. The maximum Gasteiger partial charge on any atom is 0.204 e. The molecule has 0 aromatic carbocycles. The number of allylic oxidation sites excluding steroid dienone is 2. The number of carbonyl (C=O) groups excluding carboxylic acids is 1. The Bertz CT molecular complexity index is 1140. The average Bonchev–Trinajstić information content (AvgIpc) is 3.10. The number of nitrogens with zero attached hydrogens (tertiary/aromatic N) is 1. The zero-order valence-electron chi connectivity index (χ0n) is 15.4. The predicted molar refractivity (Wildman–Crippen MR) is 104 cm³/mol. The highest BCUT2D eigenvalue weighted by Gasteiger charge is 2.18. The highest BCUT2D eigenvalue weighted by atomic mass is 16.1. The first-order valence-electron chi connectivity index (χ1n) is 8.71. The molecule has 4 rings (SSSR count). The van der Waals surface area contributed by atoms with Crippen molar-refractivity contribution in [3.05, 3.63) is 86.6 Å². The number of nitrogens with one attached hydrogen (secondary N) is 2. The third-order valence-electron chi connectivity index (χ3n) is 4.74. The molecule has 0 saturated carbocycles. The van der Waals surface area contributed by atoms with Crippen LogP contribution in [0.15, 0.2) is 36.4 Å². The Morgan fingerprint density at radius 1 is 0.923 bits per heavy atom. The summed E-state index contributed by atoms with van der Waals surface area (Å²) in [4.78, 5) is 24.0. The molecular formula is C22H21N3O. The van der Waals surface area contributed by atoms with Crippen LogP contribution in [0.1, 0.15) is 44.4 Å². The van der Waals surface area contributed by atoms with Gasteiger partial charge < -0.3 is 9.97 Å². The SMILES string of the molecule is Cc1cc(C)c(C(c2[nH]c(C)cc2C)=c2ccc3c(n2)C(=O)C=CC=3)[nH]1. The molecule has 0 saturated heterocycles. The van der Waals surface area contributed by atoms with Crippen molar-refractivity contribution >= 4 is 17.4 Å². The van der Waals surface area contributed by atoms with E-state index in [-0.39, 0.29) is 5.78 Å². The molecule has 3 aromatic rings. The van der Waals surface area contributed by atoms with Crippen LogP contribution in [0.5, 0.6) is 0 Å². The monoisotopic (exact) mass is 343 g/mol. The van der Waals surface area contributed by atoms with Gasteiger partial charge in [-0.25, -0.2) is 4.98 Å². The second-order valence-electron chi connectivity index (χ2n) is 6.92. The van der Waals surface area contributed by atoms with Crippen molar-refractivity contribution in [3.63, 3.8) is 0 Å². The van der Waals surface area contributed by atoms with Crippen molar-refractivity contribution in [2.45, 2.75) is 27.7 Å². The summed E-state index contributed by atoms with van der Waals surface area (Å²) in [7, 11) is 0. The molecule has 0 aliphatic heterocycles. The second-order valence-corrected chi connectivity index (χ2v) is 6.92. The van der Waals surface area contributed by atoms with Crippen molar-refractivity contribution in [2.75, 3.05) is 0 Å². The number of H-pyrrole nitrogens is 2. The van der Waals surface area contributed by atoms with E-state index in [4.69, 9.17) is 4.98 Å². The molecule has 0 amide bonds. The van der Waals surface area contributed by atoms with Gasteiger partial charge in [-0.15, -0.1) is 0 Å². The molecule has 0 spiro atoms.